The molecule has 1 atom stereocenters. The molecule has 0 saturated carbocycles. The summed E-state index contributed by atoms with van der Waals surface area (Å²) in [6, 6.07) is 11.2. The van der Waals surface area contributed by atoms with Crippen LogP contribution in [0.4, 0.5) is 4.79 Å². The number of hydrogen-bond acceptors (Lipinski definition) is 3. The fourth-order valence-corrected chi connectivity index (χ4v) is 6.03. The van der Waals surface area contributed by atoms with Crippen LogP contribution in [0.15, 0.2) is 30.3 Å². The van der Waals surface area contributed by atoms with Crippen molar-refractivity contribution in [1.29, 1.82) is 0 Å². The van der Waals surface area contributed by atoms with Crippen molar-refractivity contribution in [2.45, 2.75) is 83.3 Å². The number of carbonyl (C=O) groups excluding carboxylic acids is 2. The van der Waals surface area contributed by atoms with Gasteiger partial charge in [-0.3, -0.25) is 14.9 Å². The van der Waals surface area contributed by atoms with Crippen LogP contribution in [-0.2, 0) is 28.5 Å². The maximum absolute atomic E-state index is 12.3. The van der Waals surface area contributed by atoms with Crippen molar-refractivity contribution >= 4 is 22.9 Å². The molecule has 1 N–H and O–H groups in total. The molecule has 4 heteroatoms. The molecule has 1 aliphatic heterocycles. The first-order valence-corrected chi connectivity index (χ1v) is 12.2. The van der Waals surface area contributed by atoms with E-state index in [2.05, 4.69) is 77.2 Å². The van der Waals surface area contributed by atoms with E-state index >= 15 is 0 Å². The second-order valence-corrected chi connectivity index (χ2v) is 11.5. The number of fused-ring (bicyclic) bond motifs is 1. The van der Waals surface area contributed by atoms with Gasteiger partial charge in [-0.2, -0.15) is 0 Å². The summed E-state index contributed by atoms with van der Waals surface area (Å²) in [6.07, 6.45) is 3.87. The molecule has 0 aromatic heterocycles. The first kappa shape index (κ1) is 22.1. The third kappa shape index (κ3) is 3.95. The molecule has 0 radical (unpaired) electrons. The molecular formula is C27H33NO2S. The SMILES string of the molecule is CCc1cccc(CC2SC(=O)NC2=O)c1-c1cc2c(cc1C)C(C)(C)CCC2(C)C. The van der Waals surface area contributed by atoms with E-state index in [9.17, 15) is 9.59 Å². The highest BCUT2D eigenvalue weighted by Crippen LogP contribution is 2.48. The summed E-state index contributed by atoms with van der Waals surface area (Å²) in [5, 5.41) is 1.84. The van der Waals surface area contributed by atoms with E-state index in [1.165, 1.54) is 46.2 Å². The van der Waals surface area contributed by atoms with Gasteiger partial charge in [-0.1, -0.05) is 76.7 Å². The Balaban J connectivity index is 1.88. The Morgan fingerprint density at radius 2 is 1.61 bits per heavy atom. The fraction of sp³-hybridized carbons (Fsp3) is 0.481. The molecule has 3 nitrogen and oxygen atoms in total. The Labute approximate surface area is 190 Å². The van der Waals surface area contributed by atoms with Gasteiger partial charge in [0.25, 0.3) is 5.24 Å². The molecule has 164 valence electrons. The number of nitrogens with one attached hydrogen (secondary N) is 1. The van der Waals surface area contributed by atoms with Crippen LogP contribution in [0.25, 0.3) is 11.1 Å². The molecule has 2 aromatic carbocycles. The molecular weight excluding hydrogens is 402 g/mol. The average molecular weight is 436 g/mol. The maximum Gasteiger partial charge on any atom is 0.286 e. The highest BCUT2D eigenvalue weighted by Gasteiger charge is 2.38. The first-order chi connectivity index (χ1) is 14.5. The standard InChI is InChI=1S/C27H33NO2S/c1-7-17-9-8-10-18(14-22-24(29)28-25(30)31-22)23(17)19-15-21-20(13-16(19)2)26(3,4)11-12-27(21,5)6/h8-10,13,15,22H,7,11-12,14H2,1-6H3,(H,28,29,30). The maximum atomic E-state index is 12.3. The van der Waals surface area contributed by atoms with Crippen LogP contribution >= 0.6 is 11.8 Å². The molecule has 1 unspecified atom stereocenters. The Kier molecular flexibility index (Phi) is 5.58. The quantitative estimate of drug-likeness (QED) is 0.599. The van der Waals surface area contributed by atoms with E-state index in [0.29, 0.717) is 6.42 Å². The monoisotopic (exact) mass is 435 g/mol. The van der Waals surface area contributed by atoms with Gasteiger partial charge >= 0.3 is 0 Å². The number of imide groups is 1. The number of amides is 2. The molecule has 1 saturated heterocycles. The lowest BCUT2D eigenvalue weighted by molar-refractivity contribution is -0.118. The van der Waals surface area contributed by atoms with E-state index < -0.39 is 0 Å². The predicted molar refractivity (Wildman–Crippen MR) is 130 cm³/mol. The summed E-state index contributed by atoms with van der Waals surface area (Å²) in [4.78, 5) is 24.0. The van der Waals surface area contributed by atoms with Gasteiger partial charge in [0.05, 0.1) is 5.25 Å². The zero-order valence-electron chi connectivity index (χ0n) is 19.5. The van der Waals surface area contributed by atoms with Crippen LogP contribution in [0.1, 0.15) is 75.3 Å². The second kappa shape index (κ2) is 7.81. The Bertz CT molecular complexity index is 1070. The van der Waals surface area contributed by atoms with Gasteiger partial charge in [0.1, 0.15) is 0 Å². The fourth-order valence-electron chi connectivity index (χ4n) is 5.18. The average Bonchev–Trinajstić information content (AvgIpc) is 3.02. The summed E-state index contributed by atoms with van der Waals surface area (Å²) >= 11 is 1.11. The largest absolute Gasteiger partial charge is 0.286 e. The van der Waals surface area contributed by atoms with E-state index in [1.807, 2.05) is 0 Å². The Hall–Kier alpha value is -2.07. The third-order valence-electron chi connectivity index (χ3n) is 7.26. The number of thioether (sulfide) groups is 1. The molecule has 1 heterocycles. The third-order valence-corrected chi connectivity index (χ3v) is 8.24. The van der Waals surface area contributed by atoms with Gasteiger partial charge in [0, 0.05) is 0 Å². The molecule has 4 rings (SSSR count). The van der Waals surface area contributed by atoms with Crippen LogP contribution in [-0.4, -0.2) is 16.4 Å². The molecule has 2 aliphatic rings. The lowest BCUT2D eigenvalue weighted by Gasteiger charge is -2.42. The number of aryl methyl sites for hydroxylation is 2. The molecule has 1 fully saturated rings. The zero-order valence-corrected chi connectivity index (χ0v) is 20.3. The minimum atomic E-state index is -0.355. The number of benzene rings is 2. The van der Waals surface area contributed by atoms with Crippen molar-refractivity contribution in [2.75, 3.05) is 0 Å². The summed E-state index contributed by atoms with van der Waals surface area (Å²) in [7, 11) is 0. The van der Waals surface area contributed by atoms with E-state index in [4.69, 9.17) is 0 Å². The van der Waals surface area contributed by atoms with Crippen molar-refractivity contribution in [3.63, 3.8) is 0 Å². The Morgan fingerprint density at radius 1 is 1.00 bits per heavy atom. The van der Waals surface area contributed by atoms with E-state index in [-0.39, 0.29) is 27.2 Å². The molecule has 0 spiro atoms. The van der Waals surface area contributed by atoms with Gasteiger partial charge in [-0.15, -0.1) is 0 Å². The predicted octanol–water partition coefficient (Wildman–Crippen LogP) is 6.47. The van der Waals surface area contributed by atoms with Crippen molar-refractivity contribution in [2.24, 2.45) is 0 Å². The Morgan fingerprint density at radius 3 is 2.19 bits per heavy atom. The number of carbonyl (C=O) groups is 2. The first-order valence-electron chi connectivity index (χ1n) is 11.3. The van der Waals surface area contributed by atoms with E-state index in [1.54, 1.807) is 0 Å². The van der Waals surface area contributed by atoms with Crippen LogP contribution < -0.4 is 5.32 Å². The van der Waals surface area contributed by atoms with E-state index in [0.717, 1.165) is 23.7 Å². The molecule has 2 amide bonds. The van der Waals surface area contributed by atoms with Crippen molar-refractivity contribution < 1.29 is 9.59 Å². The summed E-state index contributed by atoms with van der Waals surface area (Å²) in [5.41, 5.74) is 9.49. The van der Waals surface area contributed by atoms with Gasteiger partial charge in [0.2, 0.25) is 5.91 Å². The molecule has 2 aromatic rings. The summed E-state index contributed by atoms with van der Waals surface area (Å²) < 4.78 is 0. The number of rotatable bonds is 4. The van der Waals surface area contributed by atoms with Crippen LogP contribution in [0.5, 0.6) is 0 Å². The smallest absolute Gasteiger partial charge is 0.286 e. The highest BCUT2D eigenvalue weighted by atomic mass is 32.2. The number of hydrogen-bond donors (Lipinski definition) is 1. The summed E-state index contributed by atoms with van der Waals surface area (Å²) in [6.45, 7) is 13.8. The van der Waals surface area contributed by atoms with Gasteiger partial charge < -0.3 is 0 Å². The molecule has 1 aliphatic carbocycles. The van der Waals surface area contributed by atoms with Crippen molar-refractivity contribution in [3.05, 3.63) is 58.1 Å². The topological polar surface area (TPSA) is 46.2 Å². The van der Waals surface area contributed by atoms with Crippen molar-refractivity contribution in [1.82, 2.24) is 5.32 Å². The van der Waals surface area contributed by atoms with Crippen molar-refractivity contribution in [3.8, 4) is 11.1 Å². The van der Waals surface area contributed by atoms with Crippen LogP contribution in [0.3, 0.4) is 0 Å². The van der Waals surface area contributed by atoms with Gasteiger partial charge in [-0.05, 0) is 82.4 Å². The second-order valence-electron chi connectivity index (χ2n) is 10.4. The minimum Gasteiger partial charge on any atom is -0.286 e. The highest BCUT2D eigenvalue weighted by molar-refractivity contribution is 8.15. The van der Waals surface area contributed by atoms with Gasteiger partial charge in [-0.25, -0.2) is 0 Å². The van der Waals surface area contributed by atoms with Crippen LogP contribution in [0, 0.1) is 6.92 Å². The zero-order chi connectivity index (χ0) is 22.6. The lowest BCUT2D eigenvalue weighted by Crippen LogP contribution is -2.34. The summed E-state index contributed by atoms with van der Waals surface area (Å²) in [5.74, 6) is -0.173. The van der Waals surface area contributed by atoms with Gasteiger partial charge in [0.15, 0.2) is 0 Å². The normalized spacial score (nSPS) is 21.7. The van der Waals surface area contributed by atoms with Crippen LogP contribution in [0.2, 0.25) is 0 Å². The minimum absolute atomic E-state index is 0.141. The molecule has 0 bridgehead atoms. The molecule has 31 heavy (non-hydrogen) atoms. The lowest BCUT2D eigenvalue weighted by atomic mass is 9.62.